The number of nitrogens with one attached hydrogen (secondary N) is 2. The monoisotopic (exact) mass is 390 g/mol. The highest BCUT2D eigenvalue weighted by Crippen LogP contribution is 2.38. The summed E-state index contributed by atoms with van der Waals surface area (Å²) in [7, 11) is 0. The number of aromatic amines is 1. The number of benzene rings is 1. The zero-order valence-corrected chi connectivity index (χ0v) is 15.2. The first-order chi connectivity index (χ1) is 10.9. The molecular formula is C14H13Cl3N4OS. The predicted molar refractivity (Wildman–Crippen MR) is 93.8 cm³/mol. The van der Waals surface area contributed by atoms with Crippen molar-refractivity contribution in [2.24, 2.45) is 0 Å². The van der Waals surface area contributed by atoms with Crippen LogP contribution >= 0.6 is 46.6 Å². The second kappa shape index (κ2) is 6.89. The molecule has 5 nitrogen and oxygen atoms in total. The Balaban J connectivity index is 1.63. The number of aromatic nitrogens is 3. The molecule has 1 saturated carbocycles. The number of thioether (sulfide) groups is 1. The van der Waals surface area contributed by atoms with Gasteiger partial charge in [-0.25, -0.2) is 4.98 Å². The first kappa shape index (κ1) is 16.9. The number of amides is 1. The lowest BCUT2D eigenvalue weighted by molar-refractivity contribution is -0.115. The molecular weight excluding hydrogens is 379 g/mol. The van der Waals surface area contributed by atoms with Crippen LogP contribution in [0.25, 0.3) is 0 Å². The van der Waals surface area contributed by atoms with Crippen molar-refractivity contribution in [3.8, 4) is 0 Å². The van der Waals surface area contributed by atoms with Gasteiger partial charge < -0.3 is 5.32 Å². The Morgan fingerprint density at radius 1 is 1.30 bits per heavy atom. The molecule has 1 fully saturated rings. The van der Waals surface area contributed by atoms with Gasteiger partial charge in [0, 0.05) is 5.92 Å². The fraction of sp³-hybridized carbons (Fsp3) is 0.357. The second-order valence-corrected chi connectivity index (χ2v) is 7.80. The molecule has 23 heavy (non-hydrogen) atoms. The molecule has 1 heterocycles. The third kappa shape index (κ3) is 4.12. The van der Waals surface area contributed by atoms with Gasteiger partial charge in [-0.3, -0.25) is 9.89 Å². The van der Waals surface area contributed by atoms with Gasteiger partial charge in [0.25, 0.3) is 0 Å². The van der Waals surface area contributed by atoms with E-state index in [0.29, 0.717) is 31.8 Å². The van der Waals surface area contributed by atoms with Crippen LogP contribution in [-0.4, -0.2) is 26.3 Å². The number of carbonyl (C=O) groups is 1. The van der Waals surface area contributed by atoms with Crippen molar-refractivity contribution in [3.63, 3.8) is 0 Å². The van der Waals surface area contributed by atoms with E-state index in [4.69, 9.17) is 34.8 Å². The molecule has 1 unspecified atom stereocenters. The van der Waals surface area contributed by atoms with E-state index in [9.17, 15) is 4.79 Å². The average molecular weight is 392 g/mol. The molecule has 1 aromatic carbocycles. The summed E-state index contributed by atoms with van der Waals surface area (Å²) in [6.07, 6.45) is 2.29. The molecule has 1 aliphatic rings. The average Bonchev–Trinajstić information content (AvgIpc) is 3.25. The Labute approximate surface area is 152 Å². The molecule has 2 aromatic rings. The third-order valence-electron chi connectivity index (χ3n) is 3.37. The molecule has 0 bridgehead atoms. The highest BCUT2D eigenvalue weighted by atomic mass is 35.5. The lowest BCUT2D eigenvalue weighted by atomic mass is 10.3. The van der Waals surface area contributed by atoms with Crippen LogP contribution in [-0.2, 0) is 4.79 Å². The first-order valence-electron chi connectivity index (χ1n) is 6.98. The summed E-state index contributed by atoms with van der Waals surface area (Å²) in [5.74, 6) is 1.18. The van der Waals surface area contributed by atoms with Crippen LogP contribution in [0.3, 0.4) is 0 Å². The highest BCUT2D eigenvalue weighted by molar-refractivity contribution is 8.00. The Morgan fingerprint density at radius 3 is 2.70 bits per heavy atom. The van der Waals surface area contributed by atoms with Crippen molar-refractivity contribution in [1.82, 2.24) is 15.2 Å². The molecule has 0 radical (unpaired) electrons. The molecule has 1 amide bonds. The van der Waals surface area contributed by atoms with E-state index in [2.05, 4.69) is 20.5 Å². The van der Waals surface area contributed by atoms with Crippen molar-refractivity contribution >= 4 is 58.2 Å². The van der Waals surface area contributed by atoms with Gasteiger partial charge >= 0.3 is 0 Å². The van der Waals surface area contributed by atoms with Crippen LogP contribution in [0, 0.1) is 0 Å². The van der Waals surface area contributed by atoms with Gasteiger partial charge in [-0.2, -0.15) is 0 Å². The molecule has 1 atom stereocenters. The molecule has 2 N–H and O–H groups in total. The smallest absolute Gasteiger partial charge is 0.237 e. The number of anilines is 1. The third-order valence-corrected chi connectivity index (χ3v) is 5.36. The molecule has 9 heteroatoms. The molecule has 0 spiro atoms. The van der Waals surface area contributed by atoms with Gasteiger partial charge in [0.2, 0.25) is 11.1 Å². The van der Waals surface area contributed by atoms with Gasteiger partial charge in [-0.05, 0) is 31.9 Å². The maximum atomic E-state index is 12.3. The van der Waals surface area contributed by atoms with Crippen LogP contribution in [0.15, 0.2) is 17.3 Å². The standard InChI is InChI=1S/C14H13Cl3N4OS/c1-6(23-14-19-12(20-21-14)7-2-3-7)13(22)18-11-5-9(16)8(15)4-10(11)17/h4-7H,2-3H2,1H3,(H,18,22)(H,19,20,21). The van der Waals surface area contributed by atoms with E-state index in [0.717, 1.165) is 18.7 Å². The Hall–Kier alpha value is -0.950. The minimum atomic E-state index is -0.386. The number of hydrogen-bond donors (Lipinski definition) is 2. The van der Waals surface area contributed by atoms with E-state index in [1.807, 2.05) is 0 Å². The summed E-state index contributed by atoms with van der Waals surface area (Å²) in [5.41, 5.74) is 0.423. The summed E-state index contributed by atoms with van der Waals surface area (Å²) in [4.78, 5) is 16.7. The van der Waals surface area contributed by atoms with Gasteiger partial charge in [0.1, 0.15) is 5.82 Å². The quantitative estimate of drug-likeness (QED) is 0.569. The van der Waals surface area contributed by atoms with Crippen molar-refractivity contribution in [1.29, 1.82) is 0 Å². The summed E-state index contributed by atoms with van der Waals surface area (Å²) in [6, 6.07) is 3.02. The fourth-order valence-electron chi connectivity index (χ4n) is 1.91. The predicted octanol–water partition coefficient (Wildman–Crippen LogP) is 4.76. The van der Waals surface area contributed by atoms with E-state index < -0.39 is 0 Å². The number of nitrogens with zero attached hydrogens (tertiary/aromatic N) is 2. The maximum Gasteiger partial charge on any atom is 0.237 e. The number of rotatable bonds is 5. The Kier molecular flexibility index (Phi) is 5.06. The lowest BCUT2D eigenvalue weighted by Crippen LogP contribution is -2.22. The van der Waals surface area contributed by atoms with Crippen molar-refractivity contribution < 1.29 is 4.79 Å². The number of halogens is 3. The molecule has 1 aromatic heterocycles. The second-order valence-electron chi connectivity index (χ2n) is 5.27. The lowest BCUT2D eigenvalue weighted by Gasteiger charge is -2.12. The SMILES string of the molecule is CC(Sc1n[nH]c(C2CC2)n1)C(=O)Nc1cc(Cl)c(Cl)cc1Cl. The highest BCUT2D eigenvalue weighted by Gasteiger charge is 2.28. The molecule has 0 saturated heterocycles. The summed E-state index contributed by atoms with van der Waals surface area (Å²) in [6.45, 7) is 1.78. The largest absolute Gasteiger partial charge is 0.324 e. The van der Waals surface area contributed by atoms with Crippen molar-refractivity contribution in [2.45, 2.75) is 36.1 Å². The summed E-state index contributed by atoms with van der Waals surface area (Å²) in [5, 5.41) is 11.0. The maximum absolute atomic E-state index is 12.3. The fourth-order valence-corrected chi connectivity index (χ4v) is 3.24. The van der Waals surface area contributed by atoms with Gasteiger partial charge in [-0.1, -0.05) is 46.6 Å². The van der Waals surface area contributed by atoms with E-state index in [1.165, 1.54) is 23.9 Å². The van der Waals surface area contributed by atoms with Crippen LogP contribution in [0.1, 0.15) is 31.5 Å². The molecule has 1 aliphatic carbocycles. The number of H-pyrrole nitrogens is 1. The molecule has 122 valence electrons. The normalized spacial score (nSPS) is 15.5. The van der Waals surface area contributed by atoms with E-state index in [1.54, 1.807) is 6.92 Å². The molecule has 3 rings (SSSR count). The van der Waals surface area contributed by atoms with Gasteiger partial charge in [0.05, 0.1) is 26.0 Å². The topological polar surface area (TPSA) is 70.7 Å². The number of hydrogen-bond acceptors (Lipinski definition) is 4. The minimum absolute atomic E-state index is 0.215. The van der Waals surface area contributed by atoms with E-state index in [-0.39, 0.29) is 11.2 Å². The first-order valence-corrected chi connectivity index (χ1v) is 8.99. The summed E-state index contributed by atoms with van der Waals surface area (Å²) < 4.78 is 0. The van der Waals surface area contributed by atoms with Crippen LogP contribution in [0.2, 0.25) is 15.1 Å². The van der Waals surface area contributed by atoms with E-state index >= 15 is 0 Å². The number of carbonyl (C=O) groups excluding carboxylic acids is 1. The van der Waals surface area contributed by atoms with Gasteiger partial charge in [-0.15, -0.1) is 5.10 Å². The zero-order chi connectivity index (χ0) is 16.6. The van der Waals surface area contributed by atoms with Crippen molar-refractivity contribution in [2.75, 3.05) is 5.32 Å². The van der Waals surface area contributed by atoms with Crippen LogP contribution < -0.4 is 5.32 Å². The summed E-state index contributed by atoms with van der Waals surface area (Å²) >= 11 is 19.2. The minimum Gasteiger partial charge on any atom is -0.324 e. The van der Waals surface area contributed by atoms with Gasteiger partial charge in [0.15, 0.2) is 0 Å². The van der Waals surface area contributed by atoms with Crippen molar-refractivity contribution in [3.05, 3.63) is 33.0 Å². The Morgan fingerprint density at radius 2 is 2.00 bits per heavy atom. The van der Waals surface area contributed by atoms with Crippen LogP contribution in [0.4, 0.5) is 5.69 Å². The van der Waals surface area contributed by atoms with Crippen LogP contribution in [0.5, 0.6) is 0 Å². The Bertz CT molecular complexity index is 748. The zero-order valence-electron chi connectivity index (χ0n) is 12.1. The molecule has 0 aliphatic heterocycles.